The van der Waals surface area contributed by atoms with E-state index in [9.17, 15) is 8.78 Å². The van der Waals surface area contributed by atoms with Crippen LogP contribution in [0.4, 0.5) is 8.78 Å². The number of rotatable bonds is 3. The van der Waals surface area contributed by atoms with Crippen molar-refractivity contribution in [3.63, 3.8) is 0 Å². The fourth-order valence-corrected chi connectivity index (χ4v) is 3.62. The van der Waals surface area contributed by atoms with Gasteiger partial charge in [0, 0.05) is 10.9 Å². The topological polar surface area (TPSA) is 0 Å². The number of alkyl halides is 1. The molecule has 90 valence electrons. The lowest BCUT2D eigenvalue weighted by Gasteiger charge is -2.10. The average molecular weight is 317 g/mol. The Morgan fingerprint density at radius 1 is 1.29 bits per heavy atom. The maximum Gasteiger partial charge on any atom is 0.129 e. The van der Waals surface area contributed by atoms with Gasteiger partial charge in [-0.25, -0.2) is 8.78 Å². The molecule has 2 aromatic rings. The minimum Gasteiger partial charge on any atom is -0.207 e. The summed E-state index contributed by atoms with van der Waals surface area (Å²) in [4.78, 5) is 1.26. The van der Waals surface area contributed by atoms with Crippen LogP contribution in [0, 0.1) is 18.6 Å². The summed E-state index contributed by atoms with van der Waals surface area (Å²) >= 11 is 5.20. The summed E-state index contributed by atoms with van der Waals surface area (Å²) in [6.07, 6.45) is 0.521. The molecule has 1 atom stereocenters. The van der Waals surface area contributed by atoms with E-state index >= 15 is 0 Å². The van der Waals surface area contributed by atoms with Crippen LogP contribution in [0.3, 0.4) is 0 Å². The molecule has 4 heteroatoms. The molecule has 0 saturated heterocycles. The lowest BCUT2D eigenvalue weighted by Crippen LogP contribution is -1.98. The number of halogens is 3. The van der Waals surface area contributed by atoms with E-state index in [-0.39, 0.29) is 4.83 Å². The largest absolute Gasteiger partial charge is 0.207 e. The van der Waals surface area contributed by atoms with Crippen LogP contribution in [0.5, 0.6) is 0 Å². The first kappa shape index (κ1) is 12.7. The minimum absolute atomic E-state index is 0.0717. The summed E-state index contributed by atoms with van der Waals surface area (Å²) < 4.78 is 26.3. The Balaban J connectivity index is 2.19. The van der Waals surface area contributed by atoms with Crippen LogP contribution in [-0.4, -0.2) is 0 Å². The Hall–Kier alpha value is -0.740. The average Bonchev–Trinajstić information content (AvgIpc) is 2.68. The summed E-state index contributed by atoms with van der Waals surface area (Å²) in [5.41, 5.74) is 1.72. The van der Waals surface area contributed by atoms with Crippen molar-refractivity contribution in [1.29, 1.82) is 0 Å². The molecule has 2 rings (SSSR count). The maximum atomic E-state index is 13.5. The smallest absolute Gasteiger partial charge is 0.129 e. The van der Waals surface area contributed by atoms with Crippen LogP contribution in [-0.2, 0) is 6.42 Å². The fraction of sp³-hybridized carbons (Fsp3) is 0.231. The molecule has 1 aromatic heterocycles. The van der Waals surface area contributed by atoms with Crippen LogP contribution >= 0.6 is 27.3 Å². The monoisotopic (exact) mass is 316 g/mol. The summed E-state index contributed by atoms with van der Waals surface area (Å²) in [5.74, 6) is -1.02. The molecule has 0 fully saturated rings. The van der Waals surface area contributed by atoms with Crippen molar-refractivity contribution in [2.75, 3.05) is 0 Å². The van der Waals surface area contributed by atoms with Gasteiger partial charge in [0.2, 0.25) is 0 Å². The first-order valence-corrected chi connectivity index (χ1v) is 6.99. The van der Waals surface area contributed by atoms with Gasteiger partial charge in [-0.1, -0.05) is 22.0 Å². The Labute approximate surface area is 111 Å². The van der Waals surface area contributed by atoms with Crippen molar-refractivity contribution < 1.29 is 8.78 Å². The van der Waals surface area contributed by atoms with E-state index in [1.807, 2.05) is 18.4 Å². The normalized spacial score (nSPS) is 12.7. The van der Waals surface area contributed by atoms with Gasteiger partial charge in [0.25, 0.3) is 0 Å². The molecule has 1 unspecified atom stereocenters. The molecule has 1 heterocycles. The van der Waals surface area contributed by atoms with Gasteiger partial charge in [-0.2, -0.15) is 0 Å². The summed E-state index contributed by atoms with van der Waals surface area (Å²) in [5, 5.41) is 2.01. The highest BCUT2D eigenvalue weighted by Crippen LogP contribution is 2.33. The van der Waals surface area contributed by atoms with Gasteiger partial charge in [0.05, 0.1) is 4.83 Å². The van der Waals surface area contributed by atoms with Gasteiger partial charge in [-0.3, -0.25) is 0 Å². The molecule has 0 bridgehead atoms. The van der Waals surface area contributed by atoms with Gasteiger partial charge in [0.1, 0.15) is 11.6 Å². The number of thiophene rings is 1. The molecular formula is C13H11BrF2S. The molecule has 0 saturated carbocycles. The Morgan fingerprint density at radius 3 is 2.65 bits per heavy atom. The number of benzene rings is 1. The molecule has 0 spiro atoms. The summed E-state index contributed by atoms with van der Waals surface area (Å²) in [6.45, 7) is 2.03. The lowest BCUT2D eigenvalue weighted by molar-refractivity contribution is 0.571. The van der Waals surface area contributed by atoms with E-state index < -0.39 is 11.6 Å². The predicted molar refractivity (Wildman–Crippen MR) is 70.8 cm³/mol. The highest BCUT2D eigenvalue weighted by molar-refractivity contribution is 9.09. The van der Waals surface area contributed by atoms with E-state index in [2.05, 4.69) is 15.9 Å². The third kappa shape index (κ3) is 2.93. The minimum atomic E-state index is -0.537. The van der Waals surface area contributed by atoms with Gasteiger partial charge in [-0.15, -0.1) is 11.3 Å². The van der Waals surface area contributed by atoms with Gasteiger partial charge >= 0.3 is 0 Å². The van der Waals surface area contributed by atoms with E-state index in [1.54, 1.807) is 11.3 Å². The third-order valence-electron chi connectivity index (χ3n) is 2.60. The van der Waals surface area contributed by atoms with E-state index in [4.69, 9.17) is 0 Å². The second-order valence-corrected chi connectivity index (χ2v) is 5.93. The number of hydrogen-bond donors (Lipinski definition) is 0. The number of hydrogen-bond acceptors (Lipinski definition) is 1. The van der Waals surface area contributed by atoms with Crippen molar-refractivity contribution in [2.45, 2.75) is 18.2 Å². The quantitative estimate of drug-likeness (QED) is 0.698. The molecular weight excluding hydrogens is 306 g/mol. The molecule has 0 nitrogen and oxygen atoms in total. The maximum absolute atomic E-state index is 13.5. The highest BCUT2D eigenvalue weighted by atomic mass is 79.9. The Bertz CT molecular complexity index is 522. The zero-order valence-electron chi connectivity index (χ0n) is 9.21. The molecule has 0 N–H and O–H groups in total. The van der Waals surface area contributed by atoms with Gasteiger partial charge in [0.15, 0.2) is 0 Å². The Kier molecular flexibility index (Phi) is 3.94. The predicted octanol–water partition coefficient (Wildman–Crippen LogP) is 5.01. The van der Waals surface area contributed by atoms with E-state index in [0.717, 1.165) is 6.07 Å². The van der Waals surface area contributed by atoms with Crippen molar-refractivity contribution in [2.24, 2.45) is 0 Å². The SMILES string of the molecule is Cc1ccsc1C(Br)Cc1ccc(F)cc1F. The van der Waals surface area contributed by atoms with E-state index in [1.165, 1.54) is 22.6 Å². The summed E-state index contributed by atoms with van der Waals surface area (Å²) in [7, 11) is 0. The lowest BCUT2D eigenvalue weighted by atomic mass is 10.1. The second-order valence-electron chi connectivity index (χ2n) is 3.88. The highest BCUT2D eigenvalue weighted by Gasteiger charge is 2.14. The molecule has 0 aliphatic carbocycles. The van der Waals surface area contributed by atoms with Crippen molar-refractivity contribution >= 4 is 27.3 Å². The van der Waals surface area contributed by atoms with Gasteiger partial charge in [-0.05, 0) is 42.0 Å². The summed E-state index contributed by atoms with van der Waals surface area (Å²) in [6, 6.07) is 5.76. The molecule has 17 heavy (non-hydrogen) atoms. The first-order valence-electron chi connectivity index (χ1n) is 5.20. The van der Waals surface area contributed by atoms with Crippen LogP contribution in [0.1, 0.15) is 20.8 Å². The number of aryl methyl sites for hydroxylation is 1. The zero-order chi connectivity index (χ0) is 12.4. The van der Waals surface area contributed by atoms with Crippen LogP contribution in [0.25, 0.3) is 0 Å². The van der Waals surface area contributed by atoms with Crippen molar-refractivity contribution in [3.8, 4) is 0 Å². The molecule has 1 aromatic carbocycles. The van der Waals surface area contributed by atoms with Gasteiger partial charge < -0.3 is 0 Å². The second kappa shape index (κ2) is 5.27. The zero-order valence-corrected chi connectivity index (χ0v) is 11.6. The van der Waals surface area contributed by atoms with Crippen LogP contribution < -0.4 is 0 Å². The standard InChI is InChI=1S/C13H11BrF2S/c1-8-4-5-17-13(8)11(14)6-9-2-3-10(15)7-12(9)16/h2-5,7,11H,6H2,1H3. The van der Waals surface area contributed by atoms with Crippen LogP contribution in [0.15, 0.2) is 29.6 Å². The van der Waals surface area contributed by atoms with Crippen LogP contribution in [0.2, 0.25) is 0 Å². The third-order valence-corrected chi connectivity index (χ3v) is 4.82. The van der Waals surface area contributed by atoms with E-state index in [0.29, 0.717) is 12.0 Å². The van der Waals surface area contributed by atoms with Crippen molar-refractivity contribution in [3.05, 3.63) is 57.3 Å². The molecule has 0 aliphatic heterocycles. The Morgan fingerprint density at radius 2 is 2.06 bits per heavy atom. The molecule has 0 amide bonds. The fourth-order valence-electron chi connectivity index (χ4n) is 1.68. The molecule has 0 aliphatic rings. The van der Waals surface area contributed by atoms with Crippen molar-refractivity contribution in [1.82, 2.24) is 0 Å². The first-order chi connectivity index (χ1) is 8.08. The molecule has 0 radical (unpaired) electrons.